The van der Waals surface area contributed by atoms with E-state index in [9.17, 15) is 9.90 Å². The topological polar surface area (TPSA) is 74.7 Å². The molecule has 1 aromatic rings. The second-order valence-corrected chi connectivity index (χ2v) is 4.32. The first-order valence-electron chi connectivity index (χ1n) is 6.15. The number of amides is 1. The summed E-state index contributed by atoms with van der Waals surface area (Å²) in [7, 11) is 3.37. The normalized spacial score (nSPS) is 12.0. The molecule has 0 aliphatic carbocycles. The third-order valence-corrected chi connectivity index (χ3v) is 2.65. The van der Waals surface area contributed by atoms with E-state index in [4.69, 9.17) is 4.74 Å². The minimum absolute atomic E-state index is 0.0937. The van der Waals surface area contributed by atoms with Crippen molar-refractivity contribution in [3.8, 4) is 0 Å². The number of carbonyl (C=O) groups excluding carboxylic acids is 1. The molecule has 0 spiro atoms. The van der Waals surface area contributed by atoms with Gasteiger partial charge in [-0.3, -0.25) is 4.79 Å². The molecule has 2 N–H and O–H groups in total. The number of aliphatic hydroxyl groups excluding tert-OH is 1. The average molecular weight is 267 g/mol. The number of methoxy groups -OCH3 is 1. The number of anilines is 1. The quantitative estimate of drug-likeness (QED) is 0.697. The maximum Gasteiger partial charge on any atom is 0.239 e. The summed E-state index contributed by atoms with van der Waals surface area (Å²) in [5.74, 6) is 0.559. The van der Waals surface area contributed by atoms with Crippen LogP contribution in [0.15, 0.2) is 18.3 Å². The van der Waals surface area contributed by atoms with Gasteiger partial charge in [-0.2, -0.15) is 0 Å². The third kappa shape index (κ3) is 5.23. The van der Waals surface area contributed by atoms with E-state index in [1.54, 1.807) is 44.3 Å². The number of pyridine rings is 1. The van der Waals surface area contributed by atoms with Crippen molar-refractivity contribution in [3.05, 3.63) is 23.9 Å². The van der Waals surface area contributed by atoms with Crippen LogP contribution in [0.5, 0.6) is 0 Å². The molecule has 0 unspecified atom stereocenters. The molecule has 0 fully saturated rings. The number of rotatable bonds is 7. The minimum atomic E-state index is -0.550. The Morgan fingerprint density at radius 3 is 3.00 bits per heavy atom. The molecule has 6 nitrogen and oxygen atoms in total. The molecule has 1 atom stereocenters. The third-order valence-electron chi connectivity index (χ3n) is 2.65. The van der Waals surface area contributed by atoms with E-state index in [2.05, 4.69) is 10.3 Å². The van der Waals surface area contributed by atoms with Crippen LogP contribution in [0.2, 0.25) is 0 Å². The lowest BCUT2D eigenvalue weighted by Crippen LogP contribution is -2.37. The molecule has 1 heterocycles. The van der Waals surface area contributed by atoms with E-state index in [-0.39, 0.29) is 12.5 Å². The number of hydrogen-bond donors (Lipinski definition) is 2. The van der Waals surface area contributed by atoms with Crippen molar-refractivity contribution in [1.29, 1.82) is 0 Å². The van der Waals surface area contributed by atoms with Crippen LogP contribution in [-0.2, 0) is 9.53 Å². The van der Waals surface area contributed by atoms with Crippen LogP contribution in [0.4, 0.5) is 5.82 Å². The van der Waals surface area contributed by atoms with Gasteiger partial charge in [0.05, 0.1) is 19.3 Å². The highest BCUT2D eigenvalue weighted by molar-refractivity contribution is 5.80. The number of likely N-dealkylation sites (N-methyl/N-ethyl adjacent to an activating group) is 1. The molecule has 0 saturated heterocycles. The van der Waals surface area contributed by atoms with E-state index in [1.165, 1.54) is 0 Å². The first-order chi connectivity index (χ1) is 9.04. The van der Waals surface area contributed by atoms with Gasteiger partial charge in [0, 0.05) is 26.9 Å². The van der Waals surface area contributed by atoms with E-state index < -0.39 is 6.10 Å². The largest absolute Gasteiger partial charge is 0.389 e. The maximum absolute atomic E-state index is 11.6. The summed E-state index contributed by atoms with van der Waals surface area (Å²) in [5.41, 5.74) is 0.775. The summed E-state index contributed by atoms with van der Waals surface area (Å²) in [6, 6.07) is 3.52. The molecule has 0 aliphatic heterocycles. The Kier molecular flexibility index (Phi) is 6.24. The zero-order valence-corrected chi connectivity index (χ0v) is 11.6. The fourth-order valence-corrected chi connectivity index (χ4v) is 1.55. The number of nitrogens with one attached hydrogen (secondary N) is 1. The lowest BCUT2D eigenvalue weighted by molar-refractivity contribution is -0.119. The van der Waals surface area contributed by atoms with Crippen LogP contribution in [-0.4, -0.2) is 49.9 Å². The first-order valence-corrected chi connectivity index (χ1v) is 6.15. The minimum Gasteiger partial charge on any atom is -0.389 e. The van der Waals surface area contributed by atoms with Gasteiger partial charge in [0.2, 0.25) is 5.91 Å². The second kappa shape index (κ2) is 7.70. The fourth-order valence-electron chi connectivity index (χ4n) is 1.55. The second-order valence-electron chi connectivity index (χ2n) is 4.32. The maximum atomic E-state index is 11.6. The van der Waals surface area contributed by atoms with Crippen molar-refractivity contribution in [3.63, 3.8) is 0 Å². The summed E-state index contributed by atoms with van der Waals surface area (Å²) in [5, 5.41) is 12.3. The van der Waals surface area contributed by atoms with Gasteiger partial charge in [-0.15, -0.1) is 0 Å². The first kappa shape index (κ1) is 15.4. The van der Waals surface area contributed by atoms with Gasteiger partial charge in [-0.1, -0.05) is 0 Å². The van der Waals surface area contributed by atoms with Crippen molar-refractivity contribution in [2.75, 3.05) is 38.8 Å². The van der Waals surface area contributed by atoms with Crippen molar-refractivity contribution in [2.24, 2.45) is 0 Å². The van der Waals surface area contributed by atoms with Crippen molar-refractivity contribution < 1.29 is 14.6 Å². The molecule has 0 aliphatic rings. The SMILES string of the molecule is COCCNC(=O)CN(C)c1cc([C@@H](C)O)ccn1. The predicted molar refractivity (Wildman–Crippen MR) is 73.0 cm³/mol. The molecule has 6 heteroatoms. The number of carbonyl (C=O) groups is 1. The highest BCUT2D eigenvalue weighted by Gasteiger charge is 2.10. The Hall–Kier alpha value is -1.66. The van der Waals surface area contributed by atoms with E-state index in [0.29, 0.717) is 19.0 Å². The Balaban J connectivity index is 2.55. The van der Waals surface area contributed by atoms with Gasteiger partial charge in [-0.25, -0.2) is 4.98 Å². The number of aliphatic hydroxyl groups is 1. The van der Waals surface area contributed by atoms with E-state index in [0.717, 1.165) is 5.56 Å². The van der Waals surface area contributed by atoms with Crippen LogP contribution in [0, 0.1) is 0 Å². The van der Waals surface area contributed by atoms with Gasteiger partial charge in [0.25, 0.3) is 0 Å². The molecule has 106 valence electrons. The monoisotopic (exact) mass is 267 g/mol. The molecule has 1 aromatic heterocycles. The lowest BCUT2D eigenvalue weighted by atomic mass is 10.2. The van der Waals surface area contributed by atoms with Gasteiger partial charge in [0.15, 0.2) is 0 Å². The van der Waals surface area contributed by atoms with Gasteiger partial charge < -0.3 is 20.1 Å². The number of nitrogens with zero attached hydrogens (tertiary/aromatic N) is 2. The summed E-state index contributed by atoms with van der Waals surface area (Å²) in [4.78, 5) is 17.5. The van der Waals surface area contributed by atoms with Crippen LogP contribution < -0.4 is 10.2 Å². The summed E-state index contributed by atoms with van der Waals surface area (Å²) < 4.78 is 4.86. The Morgan fingerprint density at radius 1 is 1.63 bits per heavy atom. The fraction of sp³-hybridized carbons (Fsp3) is 0.538. The highest BCUT2D eigenvalue weighted by atomic mass is 16.5. The molecule has 0 radical (unpaired) electrons. The van der Waals surface area contributed by atoms with Crippen LogP contribution in [0.1, 0.15) is 18.6 Å². The van der Waals surface area contributed by atoms with Gasteiger partial charge in [-0.05, 0) is 24.6 Å². The van der Waals surface area contributed by atoms with Gasteiger partial charge in [0.1, 0.15) is 5.82 Å². The summed E-state index contributed by atoms with van der Waals surface area (Å²) in [6.07, 6.45) is 1.07. The number of ether oxygens (including phenoxy) is 1. The highest BCUT2D eigenvalue weighted by Crippen LogP contribution is 2.16. The molecular weight excluding hydrogens is 246 g/mol. The summed E-state index contributed by atoms with van der Waals surface area (Å²) >= 11 is 0. The Labute approximate surface area is 113 Å². The molecule has 0 bridgehead atoms. The molecule has 0 aromatic carbocycles. The molecular formula is C13H21N3O3. The number of aromatic nitrogens is 1. The van der Waals surface area contributed by atoms with Crippen LogP contribution >= 0.6 is 0 Å². The lowest BCUT2D eigenvalue weighted by Gasteiger charge is -2.18. The zero-order valence-electron chi connectivity index (χ0n) is 11.6. The molecule has 0 saturated carbocycles. The van der Waals surface area contributed by atoms with Crippen molar-refractivity contribution in [1.82, 2.24) is 10.3 Å². The Bertz CT molecular complexity index is 410. The van der Waals surface area contributed by atoms with E-state index >= 15 is 0 Å². The van der Waals surface area contributed by atoms with E-state index in [1.807, 2.05) is 0 Å². The standard InChI is InChI=1S/C13H21N3O3/c1-10(17)11-4-5-14-12(8-11)16(2)9-13(18)15-6-7-19-3/h4-5,8,10,17H,6-7,9H2,1-3H3,(H,15,18)/t10-/m1/s1. The van der Waals surface area contributed by atoms with Crippen LogP contribution in [0.3, 0.4) is 0 Å². The predicted octanol–water partition coefficient (Wildman–Crippen LogP) is 0.334. The molecule has 1 rings (SSSR count). The smallest absolute Gasteiger partial charge is 0.239 e. The van der Waals surface area contributed by atoms with Gasteiger partial charge >= 0.3 is 0 Å². The average Bonchev–Trinajstić information content (AvgIpc) is 2.39. The van der Waals surface area contributed by atoms with Crippen molar-refractivity contribution >= 4 is 11.7 Å². The zero-order chi connectivity index (χ0) is 14.3. The number of hydrogen-bond acceptors (Lipinski definition) is 5. The molecule has 19 heavy (non-hydrogen) atoms. The Morgan fingerprint density at radius 2 is 2.37 bits per heavy atom. The molecule has 1 amide bonds. The summed E-state index contributed by atoms with van der Waals surface area (Å²) in [6.45, 7) is 2.88. The van der Waals surface area contributed by atoms with Crippen LogP contribution in [0.25, 0.3) is 0 Å². The van der Waals surface area contributed by atoms with Crippen molar-refractivity contribution in [2.45, 2.75) is 13.0 Å².